The fourth-order valence-electron chi connectivity index (χ4n) is 1.95. The van der Waals surface area contributed by atoms with Crippen molar-refractivity contribution >= 4 is 28.1 Å². The summed E-state index contributed by atoms with van der Waals surface area (Å²) in [5.74, 6) is 0.0417. The lowest BCUT2D eigenvalue weighted by Crippen LogP contribution is -2.20. The quantitative estimate of drug-likeness (QED) is 0.823. The van der Waals surface area contributed by atoms with Gasteiger partial charge in [0.1, 0.15) is 0 Å². The molecule has 5 heteroatoms. The van der Waals surface area contributed by atoms with Crippen molar-refractivity contribution in [2.45, 2.75) is 26.7 Å². The number of aromatic nitrogens is 1. The van der Waals surface area contributed by atoms with E-state index in [1.165, 1.54) is 11.3 Å². The van der Waals surface area contributed by atoms with E-state index < -0.39 is 0 Å². The predicted molar refractivity (Wildman–Crippen MR) is 84.7 cm³/mol. The van der Waals surface area contributed by atoms with Crippen LogP contribution in [0.5, 0.6) is 0 Å². The Morgan fingerprint density at radius 2 is 2.30 bits per heavy atom. The van der Waals surface area contributed by atoms with E-state index in [9.17, 15) is 4.79 Å². The van der Waals surface area contributed by atoms with E-state index in [0.717, 1.165) is 24.1 Å². The SMILES string of the molecule is CCCC(C)C(=O)Nc1nc(-c2cccc(N)c2)cs1. The average molecular weight is 289 g/mol. The first-order valence-corrected chi connectivity index (χ1v) is 7.60. The van der Waals surface area contributed by atoms with E-state index in [2.05, 4.69) is 17.2 Å². The highest BCUT2D eigenvalue weighted by atomic mass is 32.1. The number of amides is 1. The minimum absolute atomic E-state index is 0.0136. The van der Waals surface area contributed by atoms with Gasteiger partial charge in [-0.05, 0) is 18.6 Å². The average Bonchev–Trinajstić information content (AvgIpc) is 2.87. The summed E-state index contributed by atoms with van der Waals surface area (Å²) in [6.45, 7) is 4.01. The summed E-state index contributed by atoms with van der Waals surface area (Å²) in [6, 6.07) is 7.56. The first-order valence-electron chi connectivity index (χ1n) is 6.72. The molecule has 1 heterocycles. The maximum atomic E-state index is 11.9. The molecular formula is C15H19N3OS. The number of anilines is 2. The van der Waals surface area contributed by atoms with Gasteiger partial charge in [0.25, 0.3) is 0 Å². The number of hydrogen-bond acceptors (Lipinski definition) is 4. The Labute approximate surface area is 123 Å². The monoisotopic (exact) mass is 289 g/mol. The van der Waals surface area contributed by atoms with Gasteiger partial charge in [-0.25, -0.2) is 4.98 Å². The van der Waals surface area contributed by atoms with Gasteiger partial charge in [0.05, 0.1) is 5.69 Å². The second-order valence-electron chi connectivity index (χ2n) is 4.84. The van der Waals surface area contributed by atoms with Gasteiger partial charge in [0.2, 0.25) is 5.91 Å². The normalized spacial score (nSPS) is 12.1. The van der Waals surface area contributed by atoms with Crippen LogP contribution in [-0.2, 0) is 4.79 Å². The molecular weight excluding hydrogens is 270 g/mol. The number of hydrogen-bond donors (Lipinski definition) is 2. The largest absolute Gasteiger partial charge is 0.399 e. The van der Waals surface area contributed by atoms with Crippen LogP contribution in [0.3, 0.4) is 0 Å². The maximum Gasteiger partial charge on any atom is 0.228 e. The zero-order valence-corrected chi connectivity index (χ0v) is 12.5. The van der Waals surface area contributed by atoms with Gasteiger partial charge in [-0.15, -0.1) is 11.3 Å². The Bertz CT molecular complexity index is 594. The maximum absolute atomic E-state index is 11.9. The first-order chi connectivity index (χ1) is 9.60. The molecule has 1 atom stereocenters. The van der Waals surface area contributed by atoms with Crippen LogP contribution in [0.4, 0.5) is 10.8 Å². The van der Waals surface area contributed by atoms with Gasteiger partial charge in [0.15, 0.2) is 5.13 Å². The highest BCUT2D eigenvalue weighted by Gasteiger charge is 2.14. The van der Waals surface area contributed by atoms with Gasteiger partial charge in [-0.2, -0.15) is 0 Å². The number of nitrogens with zero attached hydrogens (tertiary/aromatic N) is 1. The third-order valence-electron chi connectivity index (χ3n) is 3.09. The van der Waals surface area contributed by atoms with Gasteiger partial charge < -0.3 is 11.1 Å². The molecule has 1 aromatic carbocycles. The Morgan fingerprint density at radius 1 is 1.50 bits per heavy atom. The Kier molecular flexibility index (Phi) is 4.74. The van der Waals surface area contributed by atoms with Crippen LogP contribution in [0.15, 0.2) is 29.6 Å². The van der Waals surface area contributed by atoms with E-state index >= 15 is 0 Å². The van der Waals surface area contributed by atoms with Crippen LogP contribution in [0.1, 0.15) is 26.7 Å². The molecule has 3 N–H and O–H groups in total. The van der Waals surface area contributed by atoms with Crippen molar-refractivity contribution in [1.82, 2.24) is 4.98 Å². The van der Waals surface area contributed by atoms with Crippen LogP contribution in [-0.4, -0.2) is 10.9 Å². The second-order valence-corrected chi connectivity index (χ2v) is 5.70. The first kappa shape index (κ1) is 14.5. The summed E-state index contributed by atoms with van der Waals surface area (Å²) in [5, 5.41) is 5.43. The van der Waals surface area contributed by atoms with Gasteiger partial charge >= 0.3 is 0 Å². The molecule has 1 amide bonds. The Balaban J connectivity index is 2.08. The third kappa shape index (κ3) is 3.57. The predicted octanol–water partition coefficient (Wildman–Crippen LogP) is 3.77. The number of benzene rings is 1. The molecule has 2 aromatic rings. The standard InChI is InChI=1S/C15H19N3OS/c1-3-5-10(2)14(19)18-15-17-13(9-20-15)11-6-4-7-12(16)8-11/h4,6-10H,3,5,16H2,1-2H3,(H,17,18,19). The van der Waals surface area contributed by atoms with Gasteiger partial charge in [-0.1, -0.05) is 32.4 Å². The van der Waals surface area contributed by atoms with Crippen molar-refractivity contribution < 1.29 is 4.79 Å². The van der Waals surface area contributed by atoms with Crippen LogP contribution in [0.2, 0.25) is 0 Å². The minimum Gasteiger partial charge on any atom is -0.399 e. The van der Waals surface area contributed by atoms with E-state index in [0.29, 0.717) is 10.8 Å². The lowest BCUT2D eigenvalue weighted by Gasteiger charge is -2.08. The summed E-state index contributed by atoms with van der Waals surface area (Å²) >= 11 is 1.43. The second kappa shape index (κ2) is 6.52. The molecule has 0 aliphatic heterocycles. The molecule has 0 fully saturated rings. The van der Waals surface area contributed by atoms with Crippen LogP contribution < -0.4 is 11.1 Å². The molecule has 0 saturated heterocycles. The molecule has 1 unspecified atom stereocenters. The lowest BCUT2D eigenvalue weighted by molar-refractivity contribution is -0.119. The highest BCUT2D eigenvalue weighted by Crippen LogP contribution is 2.26. The van der Waals surface area contributed by atoms with E-state index in [4.69, 9.17) is 5.73 Å². The van der Waals surface area contributed by atoms with Crippen molar-refractivity contribution in [1.29, 1.82) is 0 Å². The molecule has 2 rings (SSSR count). The van der Waals surface area contributed by atoms with E-state index in [1.54, 1.807) is 0 Å². The number of nitrogens with two attached hydrogens (primary N) is 1. The molecule has 0 aliphatic carbocycles. The van der Waals surface area contributed by atoms with Crippen LogP contribution in [0.25, 0.3) is 11.3 Å². The topological polar surface area (TPSA) is 68.0 Å². The number of thiazole rings is 1. The number of rotatable bonds is 5. The number of carbonyl (C=O) groups excluding carboxylic acids is 1. The molecule has 0 spiro atoms. The summed E-state index contributed by atoms with van der Waals surface area (Å²) in [7, 11) is 0. The molecule has 20 heavy (non-hydrogen) atoms. The summed E-state index contributed by atoms with van der Waals surface area (Å²) in [4.78, 5) is 16.4. The Hall–Kier alpha value is -1.88. The molecule has 0 aliphatic rings. The Morgan fingerprint density at radius 3 is 3.00 bits per heavy atom. The van der Waals surface area contributed by atoms with Crippen molar-refractivity contribution in [3.63, 3.8) is 0 Å². The van der Waals surface area contributed by atoms with Crippen molar-refractivity contribution in [2.75, 3.05) is 11.1 Å². The summed E-state index contributed by atoms with van der Waals surface area (Å²) in [6.07, 6.45) is 1.89. The van der Waals surface area contributed by atoms with Crippen LogP contribution in [0, 0.1) is 5.92 Å². The zero-order valence-electron chi connectivity index (χ0n) is 11.7. The minimum atomic E-state index is 0.0136. The van der Waals surface area contributed by atoms with Crippen molar-refractivity contribution in [2.24, 2.45) is 5.92 Å². The number of carbonyl (C=O) groups is 1. The molecule has 4 nitrogen and oxygen atoms in total. The van der Waals surface area contributed by atoms with E-state index in [-0.39, 0.29) is 11.8 Å². The summed E-state index contributed by atoms with van der Waals surface area (Å²) in [5.41, 5.74) is 8.26. The van der Waals surface area contributed by atoms with Crippen molar-refractivity contribution in [3.05, 3.63) is 29.6 Å². The zero-order chi connectivity index (χ0) is 14.5. The highest BCUT2D eigenvalue weighted by molar-refractivity contribution is 7.14. The number of nitrogen functional groups attached to an aromatic ring is 1. The smallest absolute Gasteiger partial charge is 0.228 e. The van der Waals surface area contributed by atoms with Crippen LogP contribution >= 0.6 is 11.3 Å². The molecule has 0 radical (unpaired) electrons. The van der Waals surface area contributed by atoms with Gasteiger partial charge in [-0.3, -0.25) is 4.79 Å². The van der Waals surface area contributed by atoms with E-state index in [1.807, 2.05) is 36.6 Å². The molecule has 1 aromatic heterocycles. The molecule has 0 saturated carbocycles. The number of nitrogens with one attached hydrogen (secondary N) is 1. The lowest BCUT2D eigenvalue weighted by atomic mass is 10.1. The third-order valence-corrected chi connectivity index (χ3v) is 3.84. The molecule has 0 bridgehead atoms. The fraction of sp³-hybridized carbons (Fsp3) is 0.333. The molecule has 106 valence electrons. The fourth-order valence-corrected chi connectivity index (χ4v) is 2.68. The van der Waals surface area contributed by atoms with Gasteiger partial charge in [0, 0.05) is 22.5 Å². The van der Waals surface area contributed by atoms with Crippen molar-refractivity contribution in [3.8, 4) is 11.3 Å². The summed E-state index contributed by atoms with van der Waals surface area (Å²) < 4.78 is 0.